The van der Waals surface area contributed by atoms with Gasteiger partial charge in [-0.3, -0.25) is 4.79 Å². The number of morpholine rings is 1. The van der Waals surface area contributed by atoms with Gasteiger partial charge in [0.05, 0.1) is 24.7 Å². The van der Waals surface area contributed by atoms with Crippen molar-refractivity contribution < 1.29 is 9.53 Å². The van der Waals surface area contributed by atoms with Crippen molar-refractivity contribution in [2.75, 3.05) is 25.6 Å². The van der Waals surface area contributed by atoms with Crippen molar-refractivity contribution in [1.29, 1.82) is 0 Å². The normalized spacial score (nSPS) is 23.7. The molecule has 0 saturated carbocycles. The quantitative estimate of drug-likeness (QED) is 0.659. The Morgan fingerprint density at radius 1 is 1.64 bits per heavy atom. The van der Waals surface area contributed by atoms with Crippen LogP contribution in [0.1, 0.15) is 20.8 Å². The molecule has 1 aliphatic rings. The number of rotatable bonds is 2. The van der Waals surface area contributed by atoms with Gasteiger partial charge in [0.1, 0.15) is 0 Å². The summed E-state index contributed by atoms with van der Waals surface area (Å²) < 4.78 is 5.28. The van der Waals surface area contributed by atoms with E-state index < -0.39 is 5.41 Å². The monoisotopic (exact) mass is 219 g/mol. The predicted molar refractivity (Wildman–Crippen MR) is 56.5 cm³/mol. The Kier molecular flexibility index (Phi) is 3.78. The molecule has 1 atom stereocenters. The number of amides is 1. The summed E-state index contributed by atoms with van der Waals surface area (Å²) in [5.41, 5.74) is -0.465. The standard InChI is InChI=1S/C10H18ClNO2/c1-8-6-14-5-4-12(8)9(13)10(2,3)7-11/h8H,4-7H2,1-3H3/t8-/m1/s1. The van der Waals surface area contributed by atoms with E-state index in [1.807, 2.05) is 25.7 Å². The second-order valence-electron chi connectivity index (χ2n) is 4.44. The maximum absolute atomic E-state index is 12.0. The molecular weight excluding hydrogens is 202 g/mol. The first-order valence-corrected chi connectivity index (χ1v) is 5.47. The highest BCUT2D eigenvalue weighted by molar-refractivity contribution is 6.19. The van der Waals surface area contributed by atoms with E-state index in [4.69, 9.17) is 16.3 Å². The molecule has 0 bridgehead atoms. The molecule has 1 rings (SSSR count). The summed E-state index contributed by atoms with van der Waals surface area (Å²) in [6.45, 7) is 7.70. The zero-order chi connectivity index (χ0) is 10.8. The van der Waals surface area contributed by atoms with Crippen molar-refractivity contribution in [3.8, 4) is 0 Å². The van der Waals surface area contributed by atoms with Gasteiger partial charge in [-0.15, -0.1) is 11.6 Å². The zero-order valence-corrected chi connectivity index (χ0v) is 9.80. The lowest BCUT2D eigenvalue weighted by Gasteiger charge is -2.37. The first-order valence-electron chi connectivity index (χ1n) is 4.94. The van der Waals surface area contributed by atoms with Crippen LogP contribution in [-0.2, 0) is 9.53 Å². The molecule has 0 radical (unpaired) electrons. The number of carbonyl (C=O) groups is 1. The van der Waals surface area contributed by atoms with Gasteiger partial charge in [0.2, 0.25) is 5.91 Å². The number of hydrogen-bond acceptors (Lipinski definition) is 2. The lowest BCUT2D eigenvalue weighted by molar-refractivity contribution is -0.147. The van der Waals surface area contributed by atoms with Crippen molar-refractivity contribution >= 4 is 17.5 Å². The molecule has 1 fully saturated rings. The molecule has 4 heteroatoms. The van der Waals surface area contributed by atoms with Crippen molar-refractivity contribution in [3.05, 3.63) is 0 Å². The van der Waals surface area contributed by atoms with Gasteiger partial charge in [-0.2, -0.15) is 0 Å². The van der Waals surface area contributed by atoms with E-state index in [1.54, 1.807) is 0 Å². The molecule has 1 saturated heterocycles. The number of nitrogens with zero attached hydrogens (tertiary/aromatic N) is 1. The molecule has 0 aromatic carbocycles. The average molecular weight is 220 g/mol. The molecule has 0 unspecified atom stereocenters. The topological polar surface area (TPSA) is 29.5 Å². The largest absolute Gasteiger partial charge is 0.377 e. The van der Waals surface area contributed by atoms with Gasteiger partial charge in [0.25, 0.3) is 0 Å². The fraction of sp³-hybridized carbons (Fsp3) is 0.900. The fourth-order valence-corrected chi connectivity index (χ4v) is 1.59. The third kappa shape index (κ3) is 2.39. The third-order valence-corrected chi connectivity index (χ3v) is 3.21. The fourth-order valence-electron chi connectivity index (χ4n) is 1.47. The molecule has 3 nitrogen and oxygen atoms in total. The Balaban J connectivity index is 2.67. The van der Waals surface area contributed by atoms with E-state index in [1.165, 1.54) is 0 Å². The number of carbonyl (C=O) groups excluding carboxylic acids is 1. The molecule has 0 spiro atoms. The minimum Gasteiger partial charge on any atom is -0.377 e. The second-order valence-corrected chi connectivity index (χ2v) is 4.71. The van der Waals surface area contributed by atoms with E-state index in [2.05, 4.69) is 0 Å². The van der Waals surface area contributed by atoms with Crippen molar-refractivity contribution in [2.45, 2.75) is 26.8 Å². The van der Waals surface area contributed by atoms with Gasteiger partial charge in [-0.25, -0.2) is 0 Å². The molecule has 1 amide bonds. The van der Waals surface area contributed by atoms with Crippen LogP contribution in [0.4, 0.5) is 0 Å². The predicted octanol–water partition coefficient (Wildman–Crippen LogP) is 1.50. The Morgan fingerprint density at radius 2 is 2.29 bits per heavy atom. The van der Waals surface area contributed by atoms with Gasteiger partial charge in [-0.05, 0) is 20.8 Å². The summed E-state index contributed by atoms with van der Waals surface area (Å²) in [5, 5.41) is 0. The molecule has 0 aromatic rings. The lowest BCUT2D eigenvalue weighted by Crippen LogP contribution is -2.52. The second kappa shape index (κ2) is 4.49. The van der Waals surface area contributed by atoms with Crippen LogP contribution in [0.3, 0.4) is 0 Å². The van der Waals surface area contributed by atoms with E-state index in [9.17, 15) is 4.79 Å². The maximum Gasteiger partial charge on any atom is 0.229 e. The smallest absolute Gasteiger partial charge is 0.229 e. The number of alkyl halides is 1. The molecule has 1 aliphatic heterocycles. The Morgan fingerprint density at radius 3 is 2.79 bits per heavy atom. The summed E-state index contributed by atoms with van der Waals surface area (Å²) >= 11 is 5.78. The van der Waals surface area contributed by atoms with E-state index >= 15 is 0 Å². The SMILES string of the molecule is C[C@@H]1COCCN1C(=O)C(C)(C)CCl. The number of ether oxygens (including phenoxy) is 1. The van der Waals surface area contributed by atoms with Gasteiger partial charge in [0.15, 0.2) is 0 Å². The first-order chi connectivity index (χ1) is 6.49. The Hall–Kier alpha value is -0.280. The number of halogens is 1. The van der Waals surface area contributed by atoms with E-state index in [0.29, 0.717) is 25.6 Å². The summed E-state index contributed by atoms with van der Waals surface area (Å²) in [7, 11) is 0. The van der Waals surface area contributed by atoms with Crippen molar-refractivity contribution in [2.24, 2.45) is 5.41 Å². The summed E-state index contributed by atoms with van der Waals surface area (Å²) in [6.07, 6.45) is 0. The molecule has 1 heterocycles. The molecule has 14 heavy (non-hydrogen) atoms. The molecule has 82 valence electrons. The molecule has 0 aliphatic carbocycles. The summed E-state index contributed by atoms with van der Waals surface area (Å²) in [5.74, 6) is 0.485. The Labute approximate surface area is 90.4 Å². The highest BCUT2D eigenvalue weighted by Crippen LogP contribution is 2.23. The lowest BCUT2D eigenvalue weighted by atomic mass is 9.93. The van der Waals surface area contributed by atoms with Crippen LogP contribution in [0.5, 0.6) is 0 Å². The van der Waals surface area contributed by atoms with Crippen LogP contribution in [0, 0.1) is 5.41 Å². The van der Waals surface area contributed by atoms with Crippen LogP contribution < -0.4 is 0 Å². The maximum atomic E-state index is 12.0. The first kappa shape index (κ1) is 11.8. The molecular formula is C10H18ClNO2. The molecule has 0 N–H and O–H groups in total. The van der Waals surface area contributed by atoms with E-state index in [-0.39, 0.29) is 11.9 Å². The minimum absolute atomic E-state index is 0.128. The van der Waals surface area contributed by atoms with Crippen LogP contribution in [0.25, 0.3) is 0 Å². The van der Waals surface area contributed by atoms with Crippen LogP contribution in [0.15, 0.2) is 0 Å². The third-order valence-electron chi connectivity index (χ3n) is 2.54. The van der Waals surface area contributed by atoms with E-state index in [0.717, 1.165) is 0 Å². The van der Waals surface area contributed by atoms with Crippen molar-refractivity contribution in [1.82, 2.24) is 4.90 Å². The summed E-state index contributed by atoms with van der Waals surface area (Å²) in [4.78, 5) is 13.9. The van der Waals surface area contributed by atoms with Gasteiger partial charge >= 0.3 is 0 Å². The highest BCUT2D eigenvalue weighted by Gasteiger charge is 2.34. The number of hydrogen-bond donors (Lipinski definition) is 0. The van der Waals surface area contributed by atoms with Crippen LogP contribution in [-0.4, -0.2) is 42.5 Å². The van der Waals surface area contributed by atoms with Crippen LogP contribution >= 0.6 is 11.6 Å². The Bertz CT molecular complexity index is 218. The highest BCUT2D eigenvalue weighted by atomic mass is 35.5. The van der Waals surface area contributed by atoms with Gasteiger partial charge in [-0.1, -0.05) is 0 Å². The van der Waals surface area contributed by atoms with Crippen LogP contribution in [0.2, 0.25) is 0 Å². The summed E-state index contributed by atoms with van der Waals surface area (Å²) in [6, 6.07) is 0.166. The minimum atomic E-state index is -0.465. The molecule has 0 aromatic heterocycles. The van der Waals surface area contributed by atoms with Crippen molar-refractivity contribution in [3.63, 3.8) is 0 Å². The zero-order valence-electron chi connectivity index (χ0n) is 9.05. The van der Waals surface area contributed by atoms with Gasteiger partial charge < -0.3 is 9.64 Å². The average Bonchev–Trinajstić information content (AvgIpc) is 2.17. The van der Waals surface area contributed by atoms with Gasteiger partial charge in [0, 0.05) is 12.4 Å².